The lowest BCUT2D eigenvalue weighted by molar-refractivity contribution is -0.111. The predicted molar refractivity (Wildman–Crippen MR) is 123 cm³/mol. The summed E-state index contributed by atoms with van der Waals surface area (Å²) in [5, 5.41) is 4.71. The van der Waals surface area contributed by atoms with Crippen LogP contribution in [0.1, 0.15) is 28.6 Å². The zero-order chi connectivity index (χ0) is 20.4. The molecule has 0 bridgehead atoms. The average Bonchev–Trinajstić information content (AvgIpc) is 3.13. The van der Waals surface area contributed by atoms with Crippen molar-refractivity contribution in [1.29, 1.82) is 0 Å². The van der Waals surface area contributed by atoms with Crippen LogP contribution in [0.5, 0.6) is 0 Å². The SMILES string of the molecule is CC(=O)/C(=C\c1ccc(CN2CCNCC2)cc1C)c1nc2c(Cl)cccc2s1. The molecule has 4 rings (SSSR count). The Balaban J connectivity index is 1.64. The first-order chi connectivity index (χ1) is 14.0. The molecule has 1 saturated heterocycles. The molecule has 0 saturated carbocycles. The lowest BCUT2D eigenvalue weighted by Gasteiger charge is -2.27. The van der Waals surface area contributed by atoms with E-state index in [1.807, 2.05) is 24.3 Å². The Labute approximate surface area is 180 Å². The Hall–Kier alpha value is -2.05. The van der Waals surface area contributed by atoms with Crippen LogP contribution in [0.15, 0.2) is 36.4 Å². The van der Waals surface area contributed by atoms with Crippen molar-refractivity contribution in [2.45, 2.75) is 20.4 Å². The van der Waals surface area contributed by atoms with Gasteiger partial charge in [-0.1, -0.05) is 35.9 Å². The molecule has 1 N–H and O–H groups in total. The molecule has 1 fully saturated rings. The normalized spacial score (nSPS) is 15.8. The first-order valence-electron chi connectivity index (χ1n) is 9.82. The minimum atomic E-state index is 0.00414. The molecule has 4 nitrogen and oxygen atoms in total. The lowest BCUT2D eigenvalue weighted by Crippen LogP contribution is -2.42. The number of nitrogens with zero attached hydrogens (tertiary/aromatic N) is 2. The van der Waals surface area contributed by atoms with Gasteiger partial charge in [0.05, 0.1) is 15.3 Å². The summed E-state index contributed by atoms with van der Waals surface area (Å²) in [7, 11) is 0. The van der Waals surface area contributed by atoms with E-state index in [-0.39, 0.29) is 5.78 Å². The van der Waals surface area contributed by atoms with E-state index in [0.29, 0.717) is 15.6 Å². The van der Waals surface area contributed by atoms with Crippen LogP contribution in [0.3, 0.4) is 0 Å². The minimum absolute atomic E-state index is 0.00414. The van der Waals surface area contributed by atoms with Crippen LogP contribution < -0.4 is 5.32 Å². The molecule has 1 aliphatic heterocycles. The summed E-state index contributed by atoms with van der Waals surface area (Å²) >= 11 is 7.77. The summed E-state index contributed by atoms with van der Waals surface area (Å²) in [5.74, 6) is 0.00414. The van der Waals surface area contributed by atoms with E-state index in [1.165, 1.54) is 16.9 Å². The van der Waals surface area contributed by atoms with Crippen LogP contribution in [-0.4, -0.2) is 41.8 Å². The zero-order valence-corrected chi connectivity index (χ0v) is 18.2. The number of rotatable bonds is 5. The smallest absolute Gasteiger partial charge is 0.162 e. The van der Waals surface area contributed by atoms with Gasteiger partial charge in [-0.2, -0.15) is 0 Å². The summed E-state index contributed by atoms with van der Waals surface area (Å²) in [6.45, 7) is 8.91. The molecule has 3 aromatic rings. The highest BCUT2D eigenvalue weighted by Gasteiger charge is 2.16. The third-order valence-corrected chi connectivity index (χ3v) is 6.59. The second kappa shape index (κ2) is 8.76. The van der Waals surface area contributed by atoms with Gasteiger partial charge < -0.3 is 5.32 Å². The number of carbonyl (C=O) groups excluding carboxylic acids is 1. The molecule has 2 aromatic carbocycles. The van der Waals surface area contributed by atoms with E-state index in [2.05, 4.69) is 40.3 Å². The second-order valence-electron chi connectivity index (χ2n) is 7.44. The largest absolute Gasteiger partial charge is 0.314 e. The number of hydrogen-bond acceptors (Lipinski definition) is 5. The van der Waals surface area contributed by atoms with Crippen molar-refractivity contribution in [3.63, 3.8) is 0 Å². The van der Waals surface area contributed by atoms with Crippen LogP contribution in [0, 0.1) is 6.92 Å². The van der Waals surface area contributed by atoms with Crippen LogP contribution >= 0.6 is 22.9 Å². The number of carbonyl (C=O) groups is 1. The summed E-state index contributed by atoms with van der Waals surface area (Å²) < 4.78 is 0.989. The fourth-order valence-corrected chi connectivity index (χ4v) is 4.95. The maximum Gasteiger partial charge on any atom is 0.162 e. The molecule has 150 valence electrons. The molecule has 0 radical (unpaired) electrons. The number of nitrogens with one attached hydrogen (secondary N) is 1. The third-order valence-electron chi connectivity index (χ3n) is 5.23. The molecule has 0 atom stereocenters. The number of ketones is 1. The summed E-state index contributed by atoms with van der Waals surface area (Å²) in [5.41, 5.74) is 4.89. The predicted octanol–water partition coefficient (Wildman–Crippen LogP) is 4.79. The van der Waals surface area contributed by atoms with Gasteiger partial charge in [-0.3, -0.25) is 9.69 Å². The Kier molecular flexibility index (Phi) is 6.11. The van der Waals surface area contributed by atoms with Crippen LogP contribution in [0.25, 0.3) is 21.9 Å². The fourth-order valence-electron chi connectivity index (χ4n) is 3.63. The van der Waals surface area contributed by atoms with E-state index in [1.54, 1.807) is 6.92 Å². The molecular weight excluding hydrogens is 402 g/mol. The van der Waals surface area contributed by atoms with Crippen molar-refractivity contribution < 1.29 is 4.79 Å². The first-order valence-corrected chi connectivity index (χ1v) is 11.0. The van der Waals surface area contributed by atoms with Gasteiger partial charge >= 0.3 is 0 Å². The minimum Gasteiger partial charge on any atom is -0.314 e. The van der Waals surface area contributed by atoms with Crippen molar-refractivity contribution in [3.8, 4) is 0 Å². The number of aryl methyl sites for hydroxylation is 1. The van der Waals surface area contributed by atoms with Crippen molar-refractivity contribution in [2.75, 3.05) is 26.2 Å². The zero-order valence-electron chi connectivity index (χ0n) is 16.7. The van der Waals surface area contributed by atoms with Crippen molar-refractivity contribution in [3.05, 3.63) is 63.1 Å². The summed E-state index contributed by atoms with van der Waals surface area (Å²) in [6, 6.07) is 12.2. The Bertz CT molecular complexity index is 1080. The average molecular weight is 426 g/mol. The quantitative estimate of drug-likeness (QED) is 0.597. The number of hydrogen-bond donors (Lipinski definition) is 1. The number of fused-ring (bicyclic) bond motifs is 1. The molecule has 29 heavy (non-hydrogen) atoms. The molecule has 6 heteroatoms. The van der Waals surface area contributed by atoms with E-state index >= 15 is 0 Å². The number of thiazole rings is 1. The highest BCUT2D eigenvalue weighted by Crippen LogP contribution is 2.32. The molecule has 0 aliphatic carbocycles. The van der Waals surface area contributed by atoms with Crippen molar-refractivity contribution >= 4 is 50.6 Å². The molecule has 2 heterocycles. The van der Waals surface area contributed by atoms with Crippen molar-refractivity contribution in [1.82, 2.24) is 15.2 Å². The number of halogens is 1. The highest BCUT2D eigenvalue weighted by molar-refractivity contribution is 7.20. The number of piperazine rings is 1. The van der Waals surface area contributed by atoms with E-state index in [0.717, 1.165) is 54.1 Å². The number of benzene rings is 2. The molecule has 0 spiro atoms. The van der Waals surface area contributed by atoms with Gasteiger partial charge in [-0.25, -0.2) is 4.98 Å². The van der Waals surface area contributed by atoms with Gasteiger partial charge in [0.25, 0.3) is 0 Å². The molecule has 1 aliphatic rings. The first kappa shape index (κ1) is 20.2. The Morgan fingerprint density at radius 3 is 2.76 bits per heavy atom. The maximum atomic E-state index is 12.4. The number of Topliss-reactive ketones (excluding diaryl/α,β-unsaturated/α-hetero) is 1. The van der Waals surface area contributed by atoms with E-state index in [4.69, 9.17) is 11.6 Å². The van der Waals surface area contributed by atoms with Gasteiger partial charge in [0.15, 0.2) is 5.78 Å². The van der Waals surface area contributed by atoms with Gasteiger partial charge in [-0.05, 0) is 48.7 Å². The lowest BCUT2D eigenvalue weighted by atomic mass is 10.0. The Morgan fingerprint density at radius 2 is 2.07 bits per heavy atom. The second-order valence-corrected chi connectivity index (χ2v) is 8.87. The van der Waals surface area contributed by atoms with Gasteiger partial charge in [0, 0.05) is 32.7 Å². The number of aromatic nitrogens is 1. The van der Waals surface area contributed by atoms with Crippen LogP contribution in [-0.2, 0) is 11.3 Å². The fraction of sp³-hybridized carbons (Fsp3) is 0.304. The highest BCUT2D eigenvalue weighted by atomic mass is 35.5. The van der Waals surface area contributed by atoms with Crippen LogP contribution in [0.2, 0.25) is 5.02 Å². The Morgan fingerprint density at radius 1 is 1.28 bits per heavy atom. The topological polar surface area (TPSA) is 45.2 Å². The van der Waals surface area contributed by atoms with Crippen LogP contribution in [0.4, 0.5) is 0 Å². The maximum absolute atomic E-state index is 12.4. The van der Waals surface area contributed by atoms with Gasteiger partial charge in [-0.15, -0.1) is 11.3 Å². The summed E-state index contributed by atoms with van der Waals surface area (Å²) in [4.78, 5) is 19.5. The molecule has 1 aromatic heterocycles. The third kappa shape index (κ3) is 4.59. The number of allylic oxidation sites excluding steroid dienone is 1. The summed E-state index contributed by atoms with van der Waals surface area (Å²) in [6.07, 6.45) is 1.96. The van der Waals surface area contributed by atoms with E-state index < -0.39 is 0 Å². The monoisotopic (exact) mass is 425 g/mol. The van der Waals surface area contributed by atoms with E-state index in [9.17, 15) is 4.79 Å². The molecular formula is C23H24ClN3OS. The standard InChI is InChI=1S/C23H24ClN3OS/c1-15-12-17(14-27-10-8-25-9-11-27)6-7-18(15)13-19(16(2)28)23-26-22-20(24)4-3-5-21(22)29-23/h3-7,12-13,25H,8-11,14H2,1-2H3/b19-13+. The molecule has 0 unspecified atom stereocenters. The number of para-hydroxylation sites is 1. The van der Waals surface area contributed by atoms with Crippen molar-refractivity contribution in [2.24, 2.45) is 0 Å². The molecule has 0 amide bonds. The van der Waals surface area contributed by atoms with Gasteiger partial charge in [0.1, 0.15) is 10.5 Å². The van der Waals surface area contributed by atoms with Gasteiger partial charge in [0.2, 0.25) is 0 Å².